The van der Waals surface area contributed by atoms with Gasteiger partial charge in [-0.1, -0.05) is 0 Å². The van der Waals surface area contributed by atoms with E-state index < -0.39 is 0 Å². The first-order chi connectivity index (χ1) is 13.1. The van der Waals surface area contributed by atoms with Crippen molar-refractivity contribution >= 4 is 11.8 Å². The van der Waals surface area contributed by atoms with Crippen LogP contribution >= 0.6 is 0 Å². The molecule has 3 aliphatic rings. The zero-order valence-corrected chi connectivity index (χ0v) is 15.8. The van der Waals surface area contributed by atoms with Gasteiger partial charge in [0.1, 0.15) is 12.4 Å². The number of Topliss-reactive ketones (excluding diaryl/α,β-unsaturated/α-hetero) is 1. The maximum Gasteiger partial charge on any atom is 0.320 e. The van der Waals surface area contributed by atoms with Gasteiger partial charge in [-0.15, -0.1) is 0 Å². The van der Waals surface area contributed by atoms with Crippen LogP contribution in [0, 0.1) is 5.92 Å². The number of rotatable bonds is 2. The summed E-state index contributed by atoms with van der Waals surface area (Å²) in [6.07, 6.45) is 6.98. The van der Waals surface area contributed by atoms with Gasteiger partial charge >= 0.3 is 6.03 Å². The summed E-state index contributed by atoms with van der Waals surface area (Å²) in [5.41, 5.74) is 1.18. The zero-order chi connectivity index (χ0) is 18.8. The fourth-order valence-electron chi connectivity index (χ4n) is 4.53. The highest BCUT2D eigenvalue weighted by molar-refractivity contribution is 5.81. The van der Waals surface area contributed by atoms with Gasteiger partial charge in [-0.05, 0) is 36.8 Å². The second-order valence-corrected chi connectivity index (χ2v) is 7.79. The average Bonchev–Trinajstić information content (AvgIpc) is 2.73. The van der Waals surface area contributed by atoms with E-state index in [9.17, 15) is 9.59 Å². The number of aromatic nitrogens is 1. The molecule has 7 nitrogen and oxygen atoms in total. The number of urea groups is 1. The Balaban J connectivity index is 1.32. The van der Waals surface area contributed by atoms with Gasteiger partial charge in [0, 0.05) is 44.7 Å². The zero-order valence-electron chi connectivity index (χ0n) is 15.8. The molecule has 0 spiro atoms. The Morgan fingerprint density at radius 2 is 1.96 bits per heavy atom. The van der Waals surface area contributed by atoms with Crippen molar-refractivity contribution in [2.45, 2.75) is 37.7 Å². The Labute approximate surface area is 159 Å². The van der Waals surface area contributed by atoms with Crippen molar-refractivity contribution in [3.05, 3.63) is 24.0 Å². The molecule has 2 amide bonds. The van der Waals surface area contributed by atoms with Crippen LogP contribution in [0.2, 0.25) is 0 Å². The van der Waals surface area contributed by atoms with Gasteiger partial charge in [0.25, 0.3) is 0 Å². The molecule has 1 aromatic heterocycles. The lowest BCUT2D eigenvalue weighted by molar-refractivity contribution is -0.139. The molecule has 0 unspecified atom stereocenters. The molecule has 4 heterocycles. The number of likely N-dealkylation sites (tertiary alicyclic amines) is 2. The lowest BCUT2D eigenvalue weighted by Gasteiger charge is -2.43. The van der Waals surface area contributed by atoms with Crippen molar-refractivity contribution in [2.24, 2.45) is 5.92 Å². The summed E-state index contributed by atoms with van der Waals surface area (Å²) in [4.78, 5) is 32.7. The van der Waals surface area contributed by atoms with Crippen molar-refractivity contribution in [3.63, 3.8) is 0 Å². The fraction of sp³-hybridized carbons (Fsp3) is 0.650. The molecule has 0 aliphatic carbocycles. The van der Waals surface area contributed by atoms with Crippen LogP contribution in [0.3, 0.4) is 0 Å². The first-order valence-electron chi connectivity index (χ1n) is 9.80. The Hall–Kier alpha value is -2.15. The second-order valence-electron chi connectivity index (χ2n) is 7.79. The largest absolute Gasteiger partial charge is 0.495 e. The van der Waals surface area contributed by atoms with Crippen LogP contribution in [0.15, 0.2) is 18.5 Å². The summed E-state index contributed by atoms with van der Waals surface area (Å²) < 4.78 is 10.9. The minimum absolute atomic E-state index is 0.105. The molecule has 0 bridgehead atoms. The first kappa shape index (κ1) is 18.2. The summed E-state index contributed by atoms with van der Waals surface area (Å²) in [7, 11) is 1.65. The number of carbonyl (C=O) groups is 2. The summed E-state index contributed by atoms with van der Waals surface area (Å²) in [5.74, 6) is 1.49. The topological polar surface area (TPSA) is 72.0 Å². The monoisotopic (exact) mass is 373 g/mol. The minimum Gasteiger partial charge on any atom is -0.495 e. The minimum atomic E-state index is 0.105. The molecule has 4 rings (SSSR count). The highest BCUT2D eigenvalue weighted by Gasteiger charge is 2.38. The molecule has 27 heavy (non-hydrogen) atoms. The quantitative estimate of drug-likeness (QED) is 0.794. The molecule has 146 valence electrons. The SMILES string of the molecule is COc1cncc(C2CCN(C(=O)N3CC[C@@H]4OCC(=O)C[C@@H]4C3)CC2)c1. The van der Waals surface area contributed by atoms with Crippen molar-refractivity contribution in [1.29, 1.82) is 0 Å². The third kappa shape index (κ3) is 3.93. The number of pyridine rings is 1. The number of nitrogens with zero attached hydrogens (tertiary/aromatic N) is 3. The number of hydrogen-bond acceptors (Lipinski definition) is 5. The Bertz CT molecular complexity index is 702. The van der Waals surface area contributed by atoms with Gasteiger partial charge in [-0.25, -0.2) is 4.79 Å². The number of hydrogen-bond donors (Lipinski definition) is 0. The maximum atomic E-state index is 12.9. The summed E-state index contributed by atoms with van der Waals surface area (Å²) >= 11 is 0. The third-order valence-corrected chi connectivity index (χ3v) is 6.09. The van der Waals surface area contributed by atoms with Crippen LogP contribution in [0.25, 0.3) is 0 Å². The number of methoxy groups -OCH3 is 1. The van der Waals surface area contributed by atoms with Gasteiger partial charge in [0.15, 0.2) is 5.78 Å². The van der Waals surface area contributed by atoms with Gasteiger partial charge in [0.2, 0.25) is 0 Å². The molecule has 0 N–H and O–H groups in total. The number of ether oxygens (including phenoxy) is 2. The molecule has 7 heteroatoms. The van der Waals surface area contributed by atoms with E-state index >= 15 is 0 Å². The van der Waals surface area contributed by atoms with Crippen molar-refractivity contribution in [3.8, 4) is 5.75 Å². The van der Waals surface area contributed by atoms with Crippen molar-refractivity contribution in [2.75, 3.05) is 39.9 Å². The normalized spacial score (nSPS) is 26.6. The number of carbonyl (C=O) groups excluding carboxylic acids is 2. The number of amides is 2. The van der Waals surface area contributed by atoms with E-state index in [4.69, 9.17) is 9.47 Å². The van der Waals surface area contributed by atoms with Crippen LogP contribution in [0.1, 0.15) is 37.2 Å². The highest BCUT2D eigenvalue weighted by atomic mass is 16.5. The van der Waals surface area contributed by atoms with Gasteiger partial charge in [-0.3, -0.25) is 9.78 Å². The molecule has 2 atom stereocenters. The summed E-state index contributed by atoms with van der Waals surface area (Å²) in [6.45, 7) is 3.09. The highest BCUT2D eigenvalue weighted by Crippen LogP contribution is 2.31. The van der Waals surface area contributed by atoms with E-state index in [0.717, 1.165) is 38.1 Å². The standard InChI is InChI=1S/C20H27N3O4/c1-26-18-9-15(10-21-11-18)14-2-5-22(6-3-14)20(25)23-7-4-19-16(12-23)8-17(24)13-27-19/h9-11,14,16,19H,2-8,12-13H2,1H3/t16-,19+/m1/s1. The Morgan fingerprint density at radius 1 is 1.19 bits per heavy atom. The Kier molecular flexibility index (Phi) is 5.29. The second kappa shape index (κ2) is 7.84. The van der Waals surface area contributed by atoms with Crippen LogP contribution in [-0.2, 0) is 9.53 Å². The molecule has 0 aromatic carbocycles. The summed E-state index contributed by atoms with van der Waals surface area (Å²) in [5, 5.41) is 0. The molecule has 3 fully saturated rings. The van der Waals surface area contributed by atoms with E-state index in [2.05, 4.69) is 4.98 Å². The lowest BCUT2D eigenvalue weighted by Crippen LogP contribution is -2.54. The van der Waals surface area contributed by atoms with Crippen LogP contribution < -0.4 is 4.74 Å². The lowest BCUT2D eigenvalue weighted by atomic mass is 9.88. The van der Waals surface area contributed by atoms with E-state index in [0.29, 0.717) is 25.4 Å². The molecule has 0 saturated carbocycles. The number of ketones is 1. The predicted octanol–water partition coefficient (Wildman–Crippen LogP) is 2.07. The van der Waals surface area contributed by atoms with Crippen molar-refractivity contribution in [1.82, 2.24) is 14.8 Å². The first-order valence-corrected chi connectivity index (χ1v) is 9.80. The van der Waals surface area contributed by atoms with Gasteiger partial charge < -0.3 is 19.3 Å². The molecule has 0 radical (unpaired) electrons. The van der Waals surface area contributed by atoms with Gasteiger partial charge in [-0.2, -0.15) is 0 Å². The van der Waals surface area contributed by atoms with E-state index in [1.165, 1.54) is 5.56 Å². The van der Waals surface area contributed by atoms with Crippen LogP contribution in [0.5, 0.6) is 5.75 Å². The maximum absolute atomic E-state index is 12.9. The molecular formula is C20H27N3O4. The van der Waals surface area contributed by atoms with Gasteiger partial charge in [0.05, 0.1) is 19.4 Å². The molecule has 1 aromatic rings. The molecule has 3 saturated heterocycles. The number of piperidine rings is 2. The fourth-order valence-corrected chi connectivity index (χ4v) is 4.53. The molecular weight excluding hydrogens is 346 g/mol. The third-order valence-electron chi connectivity index (χ3n) is 6.09. The Morgan fingerprint density at radius 3 is 2.74 bits per heavy atom. The number of fused-ring (bicyclic) bond motifs is 1. The molecule has 3 aliphatic heterocycles. The predicted molar refractivity (Wildman–Crippen MR) is 98.8 cm³/mol. The van der Waals surface area contributed by atoms with Crippen LogP contribution in [-0.4, -0.2) is 72.6 Å². The van der Waals surface area contributed by atoms with Crippen LogP contribution in [0.4, 0.5) is 4.79 Å². The summed E-state index contributed by atoms with van der Waals surface area (Å²) in [6, 6.07) is 2.15. The van der Waals surface area contributed by atoms with E-state index in [1.807, 2.05) is 22.1 Å². The van der Waals surface area contributed by atoms with E-state index in [1.54, 1.807) is 13.3 Å². The van der Waals surface area contributed by atoms with E-state index in [-0.39, 0.29) is 30.4 Å². The smallest absolute Gasteiger partial charge is 0.320 e. The van der Waals surface area contributed by atoms with Crippen molar-refractivity contribution < 1.29 is 19.1 Å². The average molecular weight is 373 g/mol.